The van der Waals surface area contributed by atoms with E-state index in [2.05, 4.69) is 81.2 Å². The number of amides is 2. The third-order valence-corrected chi connectivity index (χ3v) is 19.9. The summed E-state index contributed by atoms with van der Waals surface area (Å²) in [5, 5.41) is 78.3. The van der Waals surface area contributed by atoms with Crippen molar-refractivity contribution in [1.29, 1.82) is 0 Å². The van der Waals surface area contributed by atoms with Crippen LogP contribution in [0.1, 0.15) is 137 Å². The van der Waals surface area contributed by atoms with Crippen molar-refractivity contribution in [2.24, 2.45) is 5.73 Å². The van der Waals surface area contributed by atoms with Gasteiger partial charge in [0.05, 0.1) is 37.2 Å². The molecule has 0 spiro atoms. The number of aliphatic hydroxyl groups excluding tert-OH is 6. The predicted octanol–water partition coefficient (Wildman–Crippen LogP) is 3.17. The number of nitrogens with one attached hydrogen (secondary N) is 5. The van der Waals surface area contributed by atoms with E-state index in [4.69, 9.17) is 19.9 Å². The molecule has 6 aromatic rings. The van der Waals surface area contributed by atoms with Crippen LogP contribution in [0.5, 0.6) is 0 Å². The van der Waals surface area contributed by atoms with Gasteiger partial charge in [-0.1, -0.05) is 41.0 Å². The van der Waals surface area contributed by atoms with Crippen LogP contribution in [0.15, 0.2) is 38.0 Å². The summed E-state index contributed by atoms with van der Waals surface area (Å²) in [5.74, 6) is 1.27. The Morgan fingerprint density at radius 3 is 1.39 bits per heavy atom. The molecule has 13 rings (SSSR count). The van der Waals surface area contributed by atoms with E-state index in [-0.39, 0.29) is 39.4 Å². The second kappa shape index (κ2) is 35.3. The number of urea groups is 1. The van der Waals surface area contributed by atoms with E-state index in [1.807, 2.05) is 18.7 Å². The number of nitrogens with zero attached hydrogens (tertiary/aromatic N) is 14. The van der Waals surface area contributed by atoms with E-state index in [0.29, 0.717) is 127 Å². The van der Waals surface area contributed by atoms with Gasteiger partial charge in [0.2, 0.25) is 5.78 Å². The molecule has 0 bridgehead atoms. The molecule has 32 nitrogen and oxygen atoms in total. The number of Topliss-reactive ketones (excluding diaryl/α,β-unsaturated/α-hetero) is 2. The first kappa shape index (κ1) is 76.5. The Kier molecular flexibility index (Phi) is 27.3. The highest BCUT2D eigenvalue weighted by Crippen LogP contribution is 2.38. The normalized spacial score (nSPS) is 27.7. The third-order valence-electron chi connectivity index (χ3n) is 18.4. The number of hydrogen-bond donors (Lipinski definition) is 12. The molecular weight excluding hydrogens is 1320 g/mol. The Hall–Kier alpha value is -6.68. The van der Waals surface area contributed by atoms with E-state index < -0.39 is 92.0 Å². The highest BCUT2D eigenvalue weighted by Gasteiger charge is 2.48. The zero-order valence-electron chi connectivity index (χ0n) is 54.0. The van der Waals surface area contributed by atoms with Crippen molar-refractivity contribution < 1.29 is 72.4 Å². The van der Waals surface area contributed by atoms with Gasteiger partial charge >= 0.3 is 12.2 Å². The van der Waals surface area contributed by atoms with Crippen LogP contribution in [-0.2, 0) is 23.8 Å². The second-order valence-corrected chi connectivity index (χ2v) is 26.8. The minimum Gasteiger partial charge on any atom is -0.388 e. The summed E-state index contributed by atoms with van der Waals surface area (Å²) in [6.45, 7) is 9.57. The number of thioether (sulfide) groups is 1. The standard InChI is InChI=1S/C27H40N8O5S.C18H24F3N5O4.C16H25N7O3.2CH4/c36-16(7-3-4-8-19-20-17(13-41-19)32-27(39)33-20)6-2-1-5-9-28-24-21-25(30-14-29-24)35(15-31-21)26-23(38)22(37)18(40-26)12-34-10-11-34;1-2-10-13(28)14(29)17(30-10)26-9-25-12-15(23-8-24-16(12)26)22-7-5-3-4-6-11(27)18(19,20)21;17-3-1-2-4-18-14-11-15(20-8-19-14)23(9-21-11)16-13(25)12(24)10(26-16)7-22-5-6-22;;/h14-15,17-20,22-23,26,37-38H,1-13H2,(H,28,29,30)(H2,32,33,39);8-10,13-14,17,28-29H,2-7H2,1H3,(H,22,23,24);8-10,12-13,16,24-25H,1-7,17H2,(H,18,19,20);2*1H4/t17?,18-,19?,20?,22?,23+,26-;10-,13?,14+,17-;10-,12?,13+,16-;;/m111../s1. The number of carbonyl (C=O) groups excluding carboxylic acids is 3. The number of halogens is 3. The summed E-state index contributed by atoms with van der Waals surface area (Å²) in [5.41, 5.74) is 8.65. The summed E-state index contributed by atoms with van der Waals surface area (Å²) in [6, 6.07) is 0.436. The highest BCUT2D eigenvalue weighted by atomic mass is 32.2. The number of aromatic nitrogens is 12. The maximum atomic E-state index is 12.3. The number of aliphatic hydroxyl groups is 6. The fourth-order valence-corrected chi connectivity index (χ4v) is 14.3. The quantitative estimate of drug-likeness (QED) is 0.0164. The number of alkyl halides is 3. The van der Waals surface area contributed by atoms with Crippen molar-refractivity contribution in [3.63, 3.8) is 0 Å². The van der Waals surface area contributed by atoms with Crippen LogP contribution in [0.25, 0.3) is 33.5 Å². The van der Waals surface area contributed by atoms with Gasteiger partial charge < -0.3 is 77.2 Å². The molecule has 0 saturated carbocycles. The molecule has 7 aliphatic heterocycles. The van der Waals surface area contributed by atoms with Crippen LogP contribution in [0.3, 0.4) is 0 Å². The van der Waals surface area contributed by atoms with E-state index in [1.165, 1.54) is 29.9 Å². The number of rotatable bonds is 32. The van der Waals surface area contributed by atoms with Crippen molar-refractivity contribution in [2.45, 2.75) is 215 Å². The molecule has 7 fully saturated rings. The maximum absolute atomic E-state index is 12.3. The first-order valence-corrected chi connectivity index (χ1v) is 34.7. The summed E-state index contributed by atoms with van der Waals surface area (Å²) in [7, 11) is 0. The van der Waals surface area contributed by atoms with Crippen LogP contribution in [0, 0.1) is 0 Å². The Balaban J connectivity index is 0.000000177. The van der Waals surface area contributed by atoms with E-state index in [0.717, 1.165) is 89.8 Å². The van der Waals surface area contributed by atoms with Gasteiger partial charge in [0.15, 0.2) is 69.6 Å². The molecule has 0 radical (unpaired) electrons. The second-order valence-electron chi connectivity index (χ2n) is 25.5. The molecule has 6 unspecified atom stereocenters. The van der Waals surface area contributed by atoms with E-state index >= 15 is 0 Å². The number of hydrogen-bond acceptors (Lipinski definition) is 28. The summed E-state index contributed by atoms with van der Waals surface area (Å²) in [4.78, 5) is 77.7. The van der Waals surface area contributed by atoms with Gasteiger partial charge in [-0.25, -0.2) is 49.7 Å². The minimum absolute atomic E-state index is 0. The Morgan fingerprint density at radius 2 is 0.980 bits per heavy atom. The van der Waals surface area contributed by atoms with Gasteiger partial charge in [0, 0.05) is 89.2 Å². The Labute approximate surface area is 575 Å². The Morgan fingerprint density at radius 1 is 0.566 bits per heavy atom. The smallest absolute Gasteiger partial charge is 0.388 e. The third kappa shape index (κ3) is 18.9. The van der Waals surface area contributed by atoms with E-state index in [9.17, 15) is 58.2 Å². The number of imidazole rings is 3. The lowest BCUT2D eigenvalue weighted by Crippen LogP contribution is -2.36. The fourth-order valence-electron chi connectivity index (χ4n) is 12.7. The number of unbranched alkanes of at least 4 members (excludes halogenated alkanes) is 6. The summed E-state index contributed by atoms with van der Waals surface area (Å²) in [6.07, 6.45) is 4.19. The molecule has 7 aliphatic rings. The average molecular weight is 1420 g/mol. The average Bonchev–Trinajstić information content (AvgIpc) is 1.63. The first-order valence-electron chi connectivity index (χ1n) is 33.6. The van der Waals surface area contributed by atoms with Gasteiger partial charge in [-0.05, 0) is 64.3 Å². The monoisotopic (exact) mass is 1410 g/mol. The molecule has 36 heteroatoms. The maximum Gasteiger partial charge on any atom is 0.449 e. The summed E-state index contributed by atoms with van der Waals surface area (Å²) < 4.78 is 59.0. The highest BCUT2D eigenvalue weighted by molar-refractivity contribution is 8.00. The molecule has 0 aliphatic carbocycles. The van der Waals surface area contributed by atoms with Gasteiger partial charge in [0.25, 0.3) is 0 Å². The lowest BCUT2D eigenvalue weighted by Gasteiger charge is -2.16. The topological polar surface area (TPSA) is 423 Å². The molecule has 15 atom stereocenters. The lowest BCUT2D eigenvalue weighted by atomic mass is 10.0. The van der Waals surface area contributed by atoms with Crippen molar-refractivity contribution in [3.8, 4) is 0 Å². The molecule has 6 aromatic heterocycles. The summed E-state index contributed by atoms with van der Waals surface area (Å²) >= 11 is 1.92. The van der Waals surface area contributed by atoms with Crippen LogP contribution in [0.4, 0.5) is 35.4 Å². The Bertz CT molecular complexity index is 3570. The molecule has 548 valence electrons. The largest absolute Gasteiger partial charge is 0.449 e. The van der Waals surface area contributed by atoms with Crippen LogP contribution < -0.4 is 32.3 Å². The molecule has 0 aromatic carbocycles. The van der Waals surface area contributed by atoms with Gasteiger partial charge in [-0.3, -0.25) is 33.1 Å². The van der Waals surface area contributed by atoms with Gasteiger partial charge in [-0.15, -0.1) is 0 Å². The number of fused-ring (bicyclic) bond motifs is 4. The van der Waals surface area contributed by atoms with Crippen LogP contribution in [0.2, 0.25) is 0 Å². The molecule has 99 heavy (non-hydrogen) atoms. The van der Waals surface area contributed by atoms with Crippen molar-refractivity contribution >= 4 is 80.3 Å². The van der Waals surface area contributed by atoms with Crippen LogP contribution in [-0.4, -0.2) is 266 Å². The molecule has 13 heterocycles. The number of ketones is 2. The lowest BCUT2D eigenvalue weighted by molar-refractivity contribution is -0.171. The zero-order valence-corrected chi connectivity index (χ0v) is 54.8. The minimum atomic E-state index is -4.77. The fraction of sp³-hybridized carbons (Fsp3) is 0.714. The number of nitrogens with two attached hydrogens (primary N) is 1. The van der Waals surface area contributed by atoms with Crippen molar-refractivity contribution in [2.75, 3.05) is 87.2 Å². The zero-order chi connectivity index (χ0) is 68.3. The van der Waals surface area contributed by atoms with Crippen molar-refractivity contribution in [1.82, 2.24) is 79.0 Å². The number of anilines is 3. The number of ether oxygens (including phenoxy) is 3. The van der Waals surface area contributed by atoms with Gasteiger partial charge in [-0.2, -0.15) is 24.9 Å². The molecule has 7 saturated heterocycles. The van der Waals surface area contributed by atoms with Gasteiger partial charge in [0.1, 0.15) is 73.6 Å². The SMILES string of the molecule is C.C.CC[C@H]1O[C@@H](n2cnc3c(NCCCCCC(=O)C(F)(F)F)ncnc32)[C@@H](O)C1O.NCCCCNc1ncnc2c1ncn2[C@@H]1O[C@H](CN2CC2)C(O)[C@@H]1O.O=C(CCCCCNc1ncnc2c1ncn2[C@@H]1O[C@H](CN2CC2)C(O)[C@@H]1O)CCCCC1SCC2NC(=O)NC21. The molecule has 13 N–H and O–H groups in total. The number of carbonyl (C=O) groups is 3. The predicted molar refractivity (Wildman–Crippen MR) is 361 cm³/mol. The van der Waals surface area contributed by atoms with E-state index in [1.54, 1.807) is 21.8 Å². The molecule has 2 amide bonds. The van der Waals surface area contributed by atoms with Crippen LogP contribution >= 0.6 is 11.8 Å². The molecular formula is C63H97F3N20O12S. The van der Waals surface area contributed by atoms with Crippen molar-refractivity contribution in [3.05, 3.63) is 38.0 Å². The first-order chi connectivity index (χ1) is 46.9.